The van der Waals surface area contributed by atoms with Crippen molar-refractivity contribution in [1.82, 2.24) is 0 Å². The normalized spacial score (nSPS) is 12.1. The second-order valence-corrected chi connectivity index (χ2v) is 3.65. The summed E-state index contributed by atoms with van der Waals surface area (Å²) in [4.78, 5) is 0. The zero-order valence-corrected chi connectivity index (χ0v) is 9.17. The highest BCUT2D eigenvalue weighted by molar-refractivity contribution is 5.36. The third-order valence-electron chi connectivity index (χ3n) is 2.62. The molecule has 1 nitrogen and oxygen atoms in total. The molecule has 0 spiro atoms. The summed E-state index contributed by atoms with van der Waals surface area (Å²) >= 11 is 0. The van der Waals surface area contributed by atoms with Crippen molar-refractivity contribution < 1.29 is 0 Å². The lowest BCUT2D eigenvalue weighted by atomic mass is 9.91. The molecular weight excluding hydrogens is 170 g/mol. The summed E-state index contributed by atoms with van der Waals surface area (Å²) in [6, 6.07) is 8.75. The third kappa shape index (κ3) is 2.14. The molecule has 1 unspecified atom stereocenters. The van der Waals surface area contributed by atoms with E-state index in [-0.39, 0.29) is 5.92 Å². The van der Waals surface area contributed by atoms with Gasteiger partial charge in [0.2, 0.25) is 0 Å². The summed E-state index contributed by atoms with van der Waals surface area (Å²) in [5.41, 5.74) is 3.81. The minimum absolute atomic E-state index is 0.0607. The Morgan fingerprint density at radius 3 is 2.57 bits per heavy atom. The van der Waals surface area contributed by atoms with Gasteiger partial charge in [-0.1, -0.05) is 37.6 Å². The Morgan fingerprint density at radius 1 is 1.36 bits per heavy atom. The van der Waals surface area contributed by atoms with E-state index in [2.05, 4.69) is 45.0 Å². The highest BCUT2D eigenvalue weighted by Crippen LogP contribution is 2.23. The van der Waals surface area contributed by atoms with Gasteiger partial charge in [0.15, 0.2) is 0 Å². The van der Waals surface area contributed by atoms with Crippen molar-refractivity contribution in [3.8, 4) is 6.07 Å². The zero-order chi connectivity index (χ0) is 10.6. The van der Waals surface area contributed by atoms with Gasteiger partial charge in [0.25, 0.3) is 0 Å². The van der Waals surface area contributed by atoms with Crippen LogP contribution >= 0.6 is 0 Å². The molecule has 0 N–H and O–H groups in total. The van der Waals surface area contributed by atoms with Crippen LogP contribution in [0.4, 0.5) is 0 Å². The summed E-state index contributed by atoms with van der Waals surface area (Å²) in [6.07, 6.45) is 1.90. The maximum Gasteiger partial charge on any atom is 0.0712 e. The predicted octanol–water partition coefficient (Wildman–Crippen LogP) is 3.57. The second-order valence-electron chi connectivity index (χ2n) is 3.65. The molecule has 0 aromatic heterocycles. The van der Waals surface area contributed by atoms with Gasteiger partial charge < -0.3 is 0 Å². The first-order valence-corrected chi connectivity index (χ1v) is 5.22. The third-order valence-corrected chi connectivity index (χ3v) is 2.62. The lowest BCUT2D eigenvalue weighted by Crippen LogP contribution is -1.99. The van der Waals surface area contributed by atoms with Crippen LogP contribution in [0.15, 0.2) is 18.2 Å². The lowest BCUT2D eigenvalue weighted by molar-refractivity contribution is 0.803. The monoisotopic (exact) mass is 187 g/mol. The Hall–Kier alpha value is -1.29. The van der Waals surface area contributed by atoms with Crippen molar-refractivity contribution in [2.24, 2.45) is 0 Å². The molecule has 0 fully saturated rings. The van der Waals surface area contributed by atoms with E-state index >= 15 is 0 Å². The van der Waals surface area contributed by atoms with Gasteiger partial charge in [0, 0.05) is 0 Å². The summed E-state index contributed by atoms with van der Waals surface area (Å²) in [7, 11) is 0. The van der Waals surface area contributed by atoms with Crippen LogP contribution < -0.4 is 0 Å². The van der Waals surface area contributed by atoms with Crippen LogP contribution in [0.2, 0.25) is 0 Å². The predicted molar refractivity (Wildman–Crippen MR) is 59.2 cm³/mol. The number of hydrogen-bond donors (Lipinski definition) is 0. The highest BCUT2D eigenvalue weighted by Gasteiger charge is 2.11. The Labute approximate surface area is 86.4 Å². The fourth-order valence-electron chi connectivity index (χ4n) is 1.76. The Morgan fingerprint density at radius 2 is 2.07 bits per heavy atom. The standard InChI is InChI=1S/C13H17N/c1-4-11-8-10(3)6-7-13(11)12(5-2)9-14/h6-8,12H,4-5H2,1-3H3. The van der Waals surface area contributed by atoms with Crippen LogP contribution in [0.25, 0.3) is 0 Å². The van der Waals surface area contributed by atoms with E-state index in [9.17, 15) is 0 Å². The van der Waals surface area contributed by atoms with Gasteiger partial charge >= 0.3 is 0 Å². The Kier molecular flexibility index (Phi) is 3.71. The van der Waals surface area contributed by atoms with Crippen LogP contribution in [0.5, 0.6) is 0 Å². The fraction of sp³-hybridized carbons (Fsp3) is 0.462. The number of nitriles is 1. The van der Waals surface area contributed by atoms with E-state index in [0.717, 1.165) is 12.8 Å². The van der Waals surface area contributed by atoms with Gasteiger partial charge in [0.05, 0.1) is 12.0 Å². The molecule has 0 aliphatic rings. The molecule has 0 saturated heterocycles. The molecule has 0 aliphatic heterocycles. The number of nitrogens with zero attached hydrogens (tertiary/aromatic N) is 1. The van der Waals surface area contributed by atoms with E-state index in [4.69, 9.17) is 5.26 Å². The minimum Gasteiger partial charge on any atom is -0.198 e. The summed E-state index contributed by atoms with van der Waals surface area (Å²) in [6.45, 7) is 6.30. The maximum atomic E-state index is 9.02. The number of benzene rings is 1. The molecule has 1 heteroatoms. The molecule has 0 bridgehead atoms. The molecule has 0 amide bonds. The summed E-state index contributed by atoms with van der Waals surface area (Å²) in [5.74, 6) is 0.0607. The van der Waals surface area contributed by atoms with Crippen LogP contribution in [0.1, 0.15) is 42.9 Å². The van der Waals surface area contributed by atoms with Crippen molar-refractivity contribution in [3.05, 3.63) is 34.9 Å². The molecule has 14 heavy (non-hydrogen) atoms. The minimum atomic E-state index is 0.0607. The molecule has 1 aromatic carbocycles. The first-order valence-electron chi connectivity index (χ1n) is 5.22. The zero-order valence-electron chi connectivity index (χ0n) is 9.17. The van der Waals surface area contributed by atoms with E-state index in [1.165, 1.54) is 16.7 Å². The van der Waals surface area contributed by atoms with Gasteiger partial charge in [-0.15, -0.1) is 0 Å². The number of hydrogen-bond acceptors (Lipinski definition) is 1. The highest BCUT2D eigenvalue weighted by atomic mass is 14.3. The molecule has 1 atom stereocenters. The largest absolute Gasteiger partial charge is 0.198 e. The average Bonchev–Trinajstić information content (AvgIpc) is 2.21. The van der Waals surface area contributed by atoms with Crippen LogP contribution in [-0.2, 0) is 6.42 Å². The maximum absolute atomic E-state index is 9.02. The molecule has 0 radical (unpaired) electrons. The second kappa shape index (κ2) is 4.81. The Bertz CT molecular complexity index is 347. The molecular formula is C13H17N. The van der Waals surface area contributed by atoms with Crippen molar-refractivity contribution >= 4 is 0 Å². The van der Waals surface area contributed by atoms with Crippen molar-refractivity contribution in [3.63, 3.8) is 0 Å². The SMILES string of the molecule is CCc1cc(C)ccc1C(C#N)CC. The Balaban J connectivity index is 3.14. The van der Waals surface area contributed by atoms with Gasteiger partial charge in [-0.3, -0.25) is 0 Å². The topological polar surface area (TPSA) is 23.8 Å². The number of aryl methyl sites for hydroxylation is 2. The van der Waals surface area contributed by atoms with Crippen LogP contribution in [-0.4, -0.2) is 0 Å². The van der Waals surface area contributed by atoms with Gasteiger partial charge in [-0.2, -0.15) is 5.26 Å². The van der Waals surface area contributed by atoms with Gasteiger partial charge in [-0.05, 0) is 30.9 Å². The van der Waals surface area contributed by atoms with Gasteiger partial charge in [0.1, 0.15) is 0 Å². The van der Waals surface area contributed by atoms with E-state index < -0.39 is 0 Å². The average molecular weight is 187 g/mol. The first kappa shape index (κ1) is 10.8. The van der Waals surface area contributed by atoms with Crippen LogP contribution in [0, 0.1) is 18.3 Å². The quantitative estimate of drug-likeness (QED) is 0.709. The smallest absolute Gasteiger partial charge is 0.0712 e. The van der Waals surface area contributed by atoms with Crippen molar-refractivity contribution in [2.75, 3.05) is 0 Å². The summed E-state index contributed by atoms with van der Waals surface area (Å²) in [5, 5.41) is 9.02. The van der Waals surface area contributed by atoms with E-state index in [1.807, 2.05) is 0 Å². The summed E-state index contributed by atoms with van der Waals surface area (Å²) < 4.78 is 0. The molecule has 0 aliphatic carbocycles. The first-order chi connectivity index (χ1) is 6.72. The van der Waals surface area contributed by atoms with Crippen molar-refractivity contribution in [2.45, 2.75) is 39.5 Å². The van der Waals surface area contributed by atoms with E-state index in [0.29, 0.717) is 0 Å². The molecule has 1 rings (SSSR count). The van der Waals surface area contributed by atoms with Crippen molar-refractivity contribution in [1.29, 1.82) is 5.26 Å². The lowest BCUT2D eigenvalue weighted by Gasteiger charge is -2.12. The van der Waals surface area contributed by atoms with E-state index in [1.54, 1.807) is 0 Å². The molecule has 0 heterocycles. The molecule has 74 valence electrons. The fourth-order valence-corrected chi connectivity index (χ4v) is 1.76. The molecule has 0 saturated carbocycles. The van der Waals surface area contributed by atoms with Gasteiger partial charge in [-0.25, -0.2) is 0 Å². The number of rotatable bonds is 3. The van der Waals surface area contributed by atoms with Crippen LogP contribution in [0.3, 0.4) is 0 Å². The molecule has 1 aromatic rings.